The van der Waals surface area contributed by atoms with Crippen LogP contribution in [0.25, 0.3) is 10.9 Å². The number of rotatable bonds is 2. The van der Waals surface area contributed by atoms with E-state index in [2.05, 4.69) is 23.7 Å². The Balaban J connectivity index is 2.55. The van der Waals surface area contributed by atoms with E-state index >= 15 is 0 Å². The molecule has 3 N–H and O–H groups in total. The summed E-state index contributed by atoms with van der Waals surface area (Å²) in [5.74, 6) is 0. The highest BCUT2D eigenvalue weighted by Crippen LogP contribution is 2.18. The highest BCUT2D eigenvalue weighted by atomic mass is 14.8. The van der Waals surface area contributed by atoms with E-state index in [0.29, 0.717) is 0 Å². The highest BCUT2D eigenvalue weighted by molar-refractivity contribution is 5.80. The molecule has 66 valence electrons. The van der Waals surface area contributed by atoms with Crippen molar-refractivity contribution in [1.82, 2.24) is 4.98 Å². The summed E-state index contributed by atoms with van der Waals surface area (Å²) in [6.07, 6.45) is 1.73. The lowest BCUT2D eigenvalue weighted by molar-refractivity contribution is 0.880. The number of aromatic amines is 1. The van der Waals surface area contributed by atoms with Crippen LogP contribution in [-0.4, -0.2) is 4.98 Å². The third-order valence-electron chi connectivity index (χ3n) is 2.16. The molecule has 1 aromatic heterocycles. The van der Waals surface area contributed by atoms with Crippen molar-refractivity contribution in [1.29, 1.82) is 0 Å². The maximum atomic E-state index is 5.81. The molecule has 0 saturated carbocycles. The molecule has 1 heterocycles. The van der Waals surface area contributed by atoms with Gasteiger partial charge in [0.1, 0.15) is 0 Å². The van der Waals surface area contributed by atoms with Gasteiger partial charge in [-0.3, -0.25) is 0 Å². The minimum Gasteiger partial charge on any atom is -0.357 e. The van der Waals surface area contributed by atoms with E-state index in [1.165, 1.54) is 5.39 Å². The van der Waals surface area contributed by atoms with Gasteiger partial charge < -0.3 is 10.7 Å². The van der Waals surface area contributed by atoms with E-state index in [0.717, 1.165) is 11.2 Å². The van der Waals surface area contributed by atoms with Gasteiger partial charge >= 0.3 is 0 Å². The number of fused-ring (bicyclic) bond motifs is 1. The molecule has 0 aliphatic carbocycles. The Bertz CT molecular complexity index is 395. The predicted octanol–water partition coefficient (Wildman–Crippen LogP) is 2.35. The summed E-state index contributed by atoms with van der Waals surface area (Å²) < 4.78 is 0. The lowest BCUT2D eigenvalue weighted by Crippen LogP contribution is -2.06. The van der Waals surface area contributed by atoms with Crippen molar-refractivity contribution in [2.45, 2.75) is 6.04 Å². The molecular weight excluding hydrogens is 160 g/mol. The lowest BCUT2D eigenvalue weighted by Gasteiger charge is -2.00. The van der Waals surface area contributed by atoms with E-state index in [1.54, 1.807) is 6.08 Å². The summed E-state index contributed by atoms with van der Waals surface area (Å²) in [5.41, 5.74) is 7.94. The van der Waals surface area contributed by atoms with Crippen LogP contribution >= 0.6 is 0 Å². The van der Waals surface area contributed by atoms with Crippen molar-refractivity contribution in [3.05, 3.63) is 48.7 Å². The Morgan fingerprint density at radius 3 is 2.85 bits per heavy atom. The fourth-order valence-electron chi connectivity index (χ4n) is 1.40. The molecule has 0 amide bonds. The van der Waals surface area contributed by atoms with Gasteiger partial charge in [0, 0.05) is 11.2 Å². The zero-order valence-electron chi connectivity index (χ0n) is 7.33. The van der Waals surface area contributed by atoms with Crippen LogP contribution in [0.4, 0.5) is 0 Å². The first-order valence-electron chi connectivity index (χ1n) is 4.27. The van der Waals surface area contributed by atoms with Crippen LogP contribution in [0, 0.1) is 0 Å². The zero-order chi connectivity index (χ0) is 9.26. The number of aromatic nitrogens is 1. The second-order valence-corrected chi connectivity index (χ2v) is 3.07. The molecule has 0 bridgehead atoms. The van der Waals surface area contributed by atoms with Crippen LogP contribution in [0.1, 0.15) is 11.7 Å². The van der Waals surface area contributed by atoms with E-state index in [4.69, 9.17) is 5.73 Å². The summed E-state index contributed by atoms with van der Waals surface area (Å²) >= 11 is 0. The van der Waals surface area contributed by atoms with Gasteiger partial charge in [-0.15, -0.1) is 6.58 Å². The van der Waals surface area contributed by atoms with Crippen LogP contribution in [0.5, 0.6) is 0 Å². The maximum absolute atomic E-state index is 5.81. The number of para-hydroxylation sites is 1. The minimum absolute atomic E-state index is 0.104. The first-order valence-corrected chi connectivity index (χ1v) is 4.27. The van der Waals surface area contributed by atoms with Crippen LogP contribution in [0.2, 0.25) is 0 Å². The molecule has 0 spiro atoms. The van der Waals surface area contributed by atoms with Gasteiger partial charge in [-0.25, -0.2) is 0 Å². The van der Waals surface area contributed by atoms with E-state index in [9.17, 15) is 0 Å². The molecule has 1 unspecified atom stereocenters. The first kappa shape index (κ1) is 8.08. The fourth-order valence-corrected chi connectivity index (χ4v) is 1.40. The van der Waals surface area contributed by atoms with Crippen LogP contribution in [0.3, 0.4) is 0 Å². The second-order valence-electron chi connectivity index (χ2n) is 3.07. The summed E-state index contributed by atoms with van der Waals surface area (Å²) in [5, 5.41) is 1.19. The van der Waals surface area contributed by atoms with Gasteiger partial charge in [0.2, 0.25) is 0 Å². The Hall–Kier alpha value is -1.54. The number of H-pyrrole nitrogens is 1. The molecule has 0 aliphatic rings. The van der Waals surface area contributed by atoms with Gasteiger partial charge in [-0.05, 0) is 17.5 Å². The quantitative estimate of drug-likeness (QED) is 0.671. The second kappa shape index (κ2) is 3.07. The number of nitrogens with one attached hydrogen (secondary N) is 1. The van der Waals surface area contributed by atoms with Gasteiger partial charge in [-0.2, -0.15) is 0 Å². The number of nitrogens with two attached hydrogens (primary N) is 1. The largest absolute Gasteiger partial charge is 0.357 e. The van der Waals surface area contributed by atoms with Crippen LogP contribution < -0.4 is 5.73 Å². The minimum atomic E-state index is -0.104. The van der Waals surface area contributed by atoms with Gasteiger partial charge in [0.05, 0.1) is 6.04 Å². The van der Waals surface area contributed by atoms with E-state index in [1.807, 2.05) is 18.2 Å². The Labute approximate surface area is 77.1 Å². The van der Waals surface area contributed by atoms with Crippen molar-refractivity contribution >= 4 is 10.9 Å². The van der Waals surface area contributed by atoms with Crippen molar-refractivity contribution in [3.8, 4) is 0 Å². The zero-order valence-corrected chi connectivity index (χ0v) is 7.33. The van der Waals surface area contributed by atoms with Crippen molar-refractivity contribution in [2.24, 2.45) is 5.73 Å². The molecule has 2 aromatic rings. The van der Waals surface area contributed by atoms with Gasteiger partial charge in [0.25, 0.3) is 0 Å². The monoisotopic (exact) mass is 172 g/mol. The van der Waals surface area contributed by atoms with Crippen molar-refractivity contribution in [2.75, 3.05) is 0 Å². The van der Waals surface area contributed by atoms with Crippen molar-refractivity contribution < 1.29 is 0 Å². The molecule has 0 aliphatic heterocycles. The number of hydrogen-bond donors (Lipinski definition) is 2. The molecule has 2 heteroatoms. The SMILES string of the molecule is C=CC(N)c1cc2ccccc2[nH]1. The predicted molar refractivity (Wildman–Crippen MR) is 55.4 cm³/mol. The topological polar surface area (TPSA) is 41.8 Å². The Morgan fingerprint density at radius 1 is 1.38 bits per heavy atom. The van der Waals surface area contributed by atoms with Crippen molar-refractivity contribution in [3.63, 3.8) is 0 Å². The number of benzene rings is 1. The average molecular weight is 172 g/mol. The average Bonchev–Trinajstić information content (AvgIpc) is 2.59. The molecule has 2 nitrogen and oxygen atoms in total. The number of hydrogen-bond acceptors (Lipinski definition) is 1. The first-order chi connectivity index (χ1) is 6.31. The molecule has 0 fully saturated rings. The normalized spacial score (nSPS) is 13.0. The van der Waals surface area contributed by atoms with Crippen LogP contribution in [-0.2, 0) is 0 Å². The molecule has 1 atom stereocenters. The van der Waals surface area contributed by atoms with Gasteiger partial charge in [-0.1, -0.05) is 24.3 Å². The molecular formula is C11H12N2. The smallest absolute Gasteiger partial charge is 0.0631 e. The Morgan fingerprint density at radius 2 is 2.15 bits per heavy atom. The summed E-state index contributed by atoms with van der Waals surface area (Å²) in [6, 6.07) is 10.1. The standard InChI is InChI=1S/C11H12N2/c1-2-9(12)11-7-8-5-3-4-6-10(8)13-11/h2-7,9,13H,1,12H2. The third kappa shape index (κ3) is 1.36. The summed E-state index contributed by atoms with van der Waals surface area (Å²) in [6.45, 7) is 3.66. The molecule has 13 heavy (non-hydrogen) atoms. The van der Waals surface area contributed by atoms with Gasteiger partial charge in [0.15, 0.2) is 0 Å². The Kier molecular flexibility index (Phi) is 1.91. The maximum Gasteiger partial charge on any atom is 0.0631 e. The molecule has 0 radical (unpaired) electrons. The molecule has 0 saturated heterocycles. The third-order valence-corrected chi connectivity index (χ3v) is 2.16. The van der Waals surface area contributed by atoms with E-state index < -0.39 is 0 Å². The van der Waals surface area contributed by atoms with Crippen LogP contribution in [0.15, 0.2) is 43.0 Å². The summed E-state index contributed by atoms with van der Waals surface area (Å²) in [4.78, 5) is 3.25. The lowest BCUT2D eigenvalue weighted by atomic mass is 10.2. The molecule has 1 aromatic carbocycles. The van der Waals surface area contributed by atoms with E-state index in [-0.39, 0.29) is 6.04 Å². The highest BCUT2D eigenvalue weighted by Gasteiger charge is 2.04. The summed E-state index contributed by atoms with van der Waals surface area (Å²) in [7, 11) is 0. The fraction of sp³-hybridized carbons (Fsp3) is 0.0909. The molecule has 2 rings (SSSR count).